The predicted molar refractivity (Wildman–Crippen MR) is 117 cm³/mol. The number of hydrogen-bond acceptors (Lipinski definition) is 5. The van der Waals surface area contributed by atoms with Gasteiger partial charge in [0.15, 0.2) is 5.78 Å². The molecule has 1 amide bonds. The van der Waals surface area contributed by atoms with E-state index in [0.29, 0.717) is 34.7 Å². The molecule has 0 bridgehead atoms. The quantitative estimate of drug-likeness (QED) is 0.422. The highest BCUT2D eigenvalue weighted by atomic mass is 32.1. The third-order valence-corrected chi connectivity index (χ3v) is 5.02. The average Bonchev–Trinajstić information content (AvgIpc) is 3.32. The summed E-state index contributed by atoms with van der Waals surface area (Å²) >= 11 is 1.51. The van der Waals surface area contributed by atoms with Crippen LogP contribution in [0.4, 0.5) is 5.69 Å². The minimum Gasteiger partial charge on any atom is -0.487 e. The summed E-state index contributed by atoms with van der Waals surface area (Å²) in [4.78, 5) is 29.5. The van der Waals surface area contributed by atoms with Gasteiger partial charge in [0.25, 0.3) is 5.91 Å². The second-order valence-corrected chi connectivity index (χ2v) is 7.25. The number of aromatic nitrogens is 1. The SMILES string of the molecule is O=C(Nc1cccc(C(=O)c2ccccc2)c1)c1cccc(OCc2cscn2)c1. The van der Waals surface area contributed by atoms with Crippen LogP contribution < -0.4 is 10.1 Å². The van der Waals surface area contributed by atoms with E-state index in [2.05, 4.69) is 10.3 Å². The van der Waals surface area contributed by atoms with Crippen LogP contribution in [0.15, 0.2) is 89.8 Å². The zero-order valence-corrected chi connectivity index (χ0v) is 16.8. The Balaban J connectivity index is 1.45. The van der Waals surface area contributed by atoms with Gasteiger partial charge in [-0.15, -0.1) is 11.3 Å². The van der Waals surface area contributed by atoms with E-state index in [-0.39, 0.29) is 11.7 Å². The lowest BCUT2D eigenvalue weighted by Crippen LogP contribution is -2.12. The number of ether oxygens (including phenoxy) is 1. The molecular weight excluding hydrogens is 396 g/mol. The average molecular weight is 414 g/mol. The highest BCUT2D eigenvalue weighted by molar-refractivity contribution is 7.07. The topological polar surface area (TPSA) is 68.3 Å². The number of nitrogens with one attached hydrogen (secondary N) is 1. The molecule has 0 unspecified atom stereocenters. The maximum Gasteiger partial charge on any atom is 0.255 e. The normalized spacial score (nSPS) is 10.4. The van der Waals surface area contributed by atoms with Crippen molar-refractivity contribution in [3.8, 4) is 5.75 Å². The Hall–Kier alpha value is -3.77. The Bertz CT molecular complexity index is 1160. The molecule has 0 aliphatic rings. The first kappa shape index (κ1) is 19.5. The van der Waals surface area contributed by atoms with Crippen LogP contribution in [0.3, 0.4) is 0 Å². The molecule has 0 radical (unpaired) electrons. The zero-order chi connectivity index (χ0) is 20.8. The number of rotatable bonds is 7. The van der Waals surface area contributed by atoms with Crippen molar-refractivity contribution in [1.29, 1.82) is 0 Å². The van der Waals surface area contributed by atoms with Gasteiger partial charge >= 0.3 is 0 Å². The number of hydrogen-bond donors (Lipinski definition) is 1. The van der Waals surface area contributed by atoms with Crippen molar-refractivity contribution in [2.75, 3.05) is 5.32 Å². The fourth-order valence-corrected chi connectivity index (χ4v) is 3.43. The molecular formula is C24H18N2O3S. The van der Waals surface area contributed by atoms with Crippen molar-refractivity contribution in [3.05, 3.63) is 112 Å². The van der Waals surface area contributed by atoms with Crippen molar-refractivity contribution in [2.24, 2.45) is 0 Å². The smallest absolute Gasteiger partial charge is 0.255 e. The second-order valence-electron chi connectivity index (χ2n) is 6.53. The first-order chi connectivity index (χ1) is 14.7. The highest BCUT2D eigenvalue weighted by Gasteiger charge is 2.12. The number of carbonyl (C=O) groups excluding carboxylic acids is 2. The molecule has 6 heteroatoms. The summed E-state index contributed by atoms with van der Waals surface area (Å²) in [6.45, 7) is 0.345. The molecule has 4 rings (SSSR count). The molecule has 0 saturated heterocycles. The monoisotopic (exact) mass is 414 g/mol. The summed E-state index contributed by atoms with van der Waals surface area (Å²) < 4.78 is 5.71. The molecule has 5 nitrogen and oxygen atoms in total. The molecule has 4 aromatic rings. The molecule has 3 aromatic carbocycles. The van der Waals surface area contributed by atoms with E-state index in [1.54, 1.807) is 66.2 Å². The van der Waals surface area contributed by atoms with E-state index < -0.39 is 0 Å². The number of ketones is 1. The summed E-state index contributed by atoms with van der Waals surface area (Å²) in [6.07, 6.45) is 0. The Morgan fingerprint density at radius 3 is 2.43 bits per heavy atom. The van der Waals surface area contributed by atoms with Crippen LogP contribution in [0.1, 0.15) is 32.0 Å². The van der Waals surface area contributed by atoms with Crippen LogP contribution in [-0.2, 0) is 6.61 Å². The molecule has 30 heavy (non-hydrogen) atoms. The van der Waals surface area contributed by atoms with Crippen LogP contribution >= 0.6 is 11.3 Å². The minimum absolute atomic E-state index is 0.0934. The van der Waals surface area contributed by atoms with Gasteiger partial charge in [-0.2, -0.15) is 0 Å². The lowest BCUT2D eigenvalue weighted by atomic mass is 10.0. The minimum atomic E-state index is -0.279. The number of carbonyl (C=O) groups is 2. The molecule has 0 spiro atoms. The van der Waals surface area contributed by atoms with Crippen LogP contribution in [0.25, 0.3) is 0 Å². The summed E-state index contributed by atoms with van der Waals surface area (Å²) in [7, 11) is 0. The van der Waals surface area contributed by atoms with Gasteiger partial charge in [-0.1, -0.05) is 48.5 Å². The standard InChI is InChI=1S/C24H18N2O3S/c27-23(17-6-2-1-3-7-17)18-8-4-10-20(12-18)26-24(28)19-9-5-11-22(13-19)29-14-21-15-30-16-25-21/h1-13,15-16H,14H2,(H,26,28). The summed E-state index contributed by atoms with van der Waals surface area (Å²) in [5.41, 5.74) is 4.72. The van der Waals surface area contributed by atoms with E-state index >= 15 is 0 Å². The van der Waals surface area contributed by atoms with Crippen molar-refractivity contribution >= 4 is 28.7 Å². The Labute approximate surface area is 178 Å². The van der Waals surface area contributed by atoms with Crippen molar-refractivity contribution in [3.63, 3.8) is 0 Å². The fourth-order valence-electron chi connectivity index (χ4n) is 2.89. The van der Waals surface area contributed by atoms with Gasteiger partial charge in [-0.05, 0) is 30.3 Å². The second kappa shape index (κ2) is 9.15. The first-order valence-corrected chi connectivity index (χ1v) is 10.2. The van der Waals surface area contributed by atoms with Crippen LogP contribution in [0.2, 0.25) is 0 Å². The van der Waals surface area contributed by atoms with Gasteiger partial charge in [0.05, 0.1) is 11.2 Å². The number of nitrogens with zero attached hydrogens (tertiary/aromatic N) is 1. The van der Waals surface area contributed by atoms with Gasteiger partial charge in [0.1, 0.15) is 12.4 Å². The van der Waals surface area contributed by atoms with E-state index in [1.165, 1.54) is 11.3 Å². The number of benzene rings is 3. The Kier molecular flexibility index (Phi) is 5.96. The van der Waals surface area contributed by atoms with Gasteiger partial charge in [0, 0.05) is 27.8 Å². The van der Waals surface area contributed by atoms with Gasteiger partial charge in [0.2, 0.25) is 0 Å². The highest BCUT2D eigenvalue weighted by Crippen LogP contribution is 2.19. The third kappa shape index (κ3) is 4.79. The molecule has 0 aliphatic carbocycles. The number of thiazole rings is 1. The van der Waals surface area contributed by atoms with E-state index in [9.17, 15) is 9.59 Å². The van der Waals surface area contributed by atoms with Gasteiger partial charge in [-0.25, -0.2) is 4.98 Å². The van der Waals surface area contributed by atoms with Crippen LogP contribution in [-0.4, -0.2) is 16.7 Å². The zero-order valence-electron chi connectivity index (χ0n) is 15.9. The summed E-state index contributed by atoms with van der Waals surface area (Å²) in [6, 6.07) is 22.9. The maximum atomic E-state index is 12.7. The van der Waals surface area contributed by atoms with Crippen molar-refractivity contribution in [2.45, 2.75) is 6.61 Å². The van der Waals surface area contributed by atoms with E-state index in [1.807, 2.05) is 23.6 Å². The molecule has 0 saturated carbocycles. The fraction of sp³-hybridized carbons (Fsp3) is 0.0417. The molecule has 0 atom stereocenters. The first-order valence-electron chi connectivity index (χ1n) is 9.30. The Morgan fingerprint density at radius 2 is 1.63 bits per heavy atom. The number of anilines is 1. The molecule has 0 fully saturated rings. The maximum absolute atomic E-state index is 12.7. The van der Waals surface area contributed by atoms with Gasteiger partial charge < -0.3 is 10.1 Å². The Morgan fingerprint density at radius 1 is 0.867 bits per heavy atom. The lowest BCUT2D eigenvalue weighted by Gasteiger charge is -2.09. The number of amides is 1. The van der Waals surface area contributed by atoms with E-state index in [0.717, 1.165) is 5.69 Å². The van der Waals surface area contributed by atoms with Gasteiger partial charge in [-0.3, -0.25) is 9.59 Å². The third-order valence-electron chi connectivity index (χ3n) is 4.39. The molecule has 0 aliphatic heterocycles. The largest absolute Gasteiger partial charge is 0.487 e. The van der Waals surface area contributed by atoms with E-state index in [4.69, 9.17) is 4.74 Å². The summed E-state index contributed by atoms with van der Waals surface area (Å²) in [5.74, 6) is 0.214. The molecule has 1 N–H and O–H groups in total. The van der Waals surface area contributed by atoms with Crippen molar-refractivity contribution < 1.29 is 14.3 Å². The molecule has 1 aromatic heterocycles. The van der Waals surface area contributed by atoms with Crippen LogP contribution in [0, 0.1) is 0 Å². The van der Waals surface area contributed by atoms with Crippen molar-refractivity contribution in [1.82, 2.24) is 4.98 Å². The molecule has 148 valence electrons. The summed E-state index contributed by atoms with van der Waals surface area (Å²) in [5, 5.41) is 4.76. The predicted octanol–water partition coefficient (Wildman–Crippen LogP) is 5.21. The van der Waals surface area contributed by atoms with Crippen LogP contribution in [0.5, 0.6) is 5.75 Å². The molecule has 1 heterocycles. The lowest BCUT2D eigenvalue weighted by molar-refractivity contribution is 0.102.